The summed E-state index contributed by atoms with van der Waals surface area (Å²) in [6.45, 7) is 6.67. The fourth-order valence-electron chi connectivity index (χ4n) is 2.23. The molecule has 20 heavy (non-hydrogen) atoms. The molecule has 3 N–H and O–H groups in total. The van der Waals surface area contributed by atoms with Gasteiger partial charge in [0, 0.05) is 32.2 Å². The van der Waals surface area contributed by atoms with E-state index < -0.39 is 10.0 Å². The first-order valence-electron chi connectivity index (χ1n) is 6.66. The number of hydrogen-bond acceptors (Lipinski definition) is 5. The SMILES string of the molecule is C[C@H]1CN(CCOc2ccc(S(N)(=O)=O)cc2)CCN1. The van der Waals surface area contributed by atoms with E-state index in [1.54, 1.807) is 12.1 Å². The Morgan fingerprint density at radius 2 is 2.10 bits per heavy atom. The number of sulfonamides is 1. The molecular weight excluding hydrogens is 278 g/mol. The molecule has 2 rings (SSSR count). The summed E-state index contributed by atoms with van der Waals surface area (Å²) < 4.78 is 27.9. The summed E-state index contributed by atoms with van der Waals surface area (Å²) in [6, 6.07) is 6.67. The van der Waals surface area contributed by atoms with Gasteiger partial charge in [0.2, 0.25) is 10.0 Å². The second-order valence-electron chi connectivity index (χ2n) is 5.02. The molecule has 1 aromatic rings. The second kappa shape index (κ2) is 6.53. The van der Waals surface area contributed by atoms with Gasteiger partial charge in [-0.05, 0) is 31.2 Å². The molecule has 1 aliphatic rings. The molecule has 6 nitrogen and oxygen atoms in total. The van der Waals surface area contributed by atoms with Crippen LogP contribution in [0.5, 0.6) is 5.75 Å². The Kier molecular flexibility index (Phi) is 4.98. The summed E-state index contributed by atoms with van der Waals surface area (Å²) in [5, 5.41) is 8.43. The standard InChI is InChI=1S/C13H21N3O3S/c1-11-10-16(7-6-15-11)8-9-19-12-2-4-13(5-3-12)20(14,17)18/h2-5,11,15H,6-10H2,1H3,(H2,14,17,18)/t11-/m0/s1. The molecule has 1 heterocycles. The van der Waals surface area contributed by atoms with Gasteiger partial charge in [-0.25, -0.2) is 13.6 Å². The third-order valence-corrected chi connectivity index (χ3v) is 4.21. The Morgan fingerprint density at radius 1 is 1.40 bits per heavy atom. The summed E-state index contributed by atoms with van der Waals surface area (Å²) in [5.74, 6) is 0.653. The first kappa shape index (κ1) is 15.2. The summed E-state index contributed by atoms with van der Waals surface area (Å²) in [4.78, 5) is 2.45. The zero-order chi connectivity index (χ0) is 14.6. The number of piperazine rings is 1. The van der Waals surface area contributed by atoms with Gasteiger partial charge in [-0.2, -0.15) is 0 Å². The maximum Gasteiger partial charge on any atom is 0.238 e. The number of rotatable bonds is 5. The van der Waals surface area contributed by atoms with Crippen LogP contribution in [-0.4, -0.2) is 52.1 Å². The van der Waals surface area contributed by atoms with Gasteiger partial charge < -0.3 is 10.1 Å². The predicted molar refractivity (Wildman–Crippen MR) is 77.2 cm³/mol. The maximum absolute atomic E-state index is 11.1. The molecule has 1 atom stereocenters. The van der Waals surface area contributed by atoms with Crippen LogP contribution in [0.2, 0.25) is 0 Å². The number of hydrogen-bond donors (Lipinski definition) is 2. The largest absolute Gasteiger partial charge is 0.492 e. The first-order chi connectivity index (χ1) is 9.45. The molecular formula is C13H21N3O3S. The van der Waals surface area contributed by atoms with Crippen LogP contribution in [0.4, 0.5) is 0 Å². The number of nitrogens with zero attached hydrogens (tertiary/aromatic N) is 1. The van der Waals surface area contributed by atoms with Crippen molar-refractivity contribution in [1.82, 2.24) is 10.2 Å². The number of benzene rings is 1. The first-order valence-corrected chi connectivity index (χ1v) is 8.21. The predicted octanol–water partition coefficient (Wildman–Crippen LogP) is 0.00650. The van der Waals surface area contributed by atoms with Crippen LogP contribution in [-0.2, 0) is 10.0 Å². The van der Waals surface area contributed by atoms with Gasteiger partial charge in [-0.1, -0.05) is 0 Å². The van der Waals surface area contributed by atoms with E-state index in [1.165, 1.54) is 12.1 Å². The summed E-state index contributed by atoms with van der Waals surface area (Å²) in [5.41, 5.74) is 0. The molecule has 0 radical (unpaired) electrons. The third-order valence-electron chi connectivity index (χ3n) is 3.28. The van der Waals surface area contributed by atoms with E-state index in [1.807, 2.05) is 0 Å². The van der Waals surface area contributed by atoms with E-state index in [0.717, 1.165) is 26.2 Å². The van der Waals surface area contributed by atoms with Crippen LogP contribution in [0.25, 0.3) is 0 Å². The molecule has 1 fully saturated rings. The molecule has 0 unspecified atom stereocenters. The van der Waals surface area contributed by atoms with Crippen LogP contribution in [0.15, 0.2) is 29.2 Å². The van der Waals surface area contributed by atoms with Gasteiger partial charge in [-0.3, -0.25) is 4.90 Å². The van der Waals surface area contributed by atoms with Gasteiger partial charge in [0.15, 0.2) is 0 Å². The van der Waals surface area contributed by atoms with Crippen LogP contribution < -0.4 is 15.2 Å². The Balaban J connectivity index is 1.79. The minimum atomic E-state index is -3.63. The zero-order valence-electron chi connectivity index (χ0n) is 11.6. The second-order valence-corrected chi connectivity index (χ2v) is 6.58. The fraction of sp³-hybridized carbons (Fsp3) is 0.538. The Bertz CT molecular complexity index is 530. The topological polar surface area (TPSA) is 84.7 Å². The lowest BCUT2D eigenvalue weighted by Gasteiger charge is -2.31. The molecule has 0 spiro atoms. The molecule has 0 aromatic heterocycles. The van der Waals surface area contributed by atoms with Gasteiger partial charge in [0.1, 0.15) is 12.4 Å². The normalized spacial score (nSPS) is 20.8. The highest BCUT2D eigenvalue weighted by molar-refractivity contribution is 7.89. The number of ether oxygens (including phenoxy) is 1. The van der Waals surface area contributed by atoms with Crippen molar-refractivity contribution < 1.29 is 13.2 Å². The van der Waals surface area contributed by atoms with Crippen molar-refractivity contribution in [3.05, 3.63) is 24.3 Å². The average Bonchev–Trinajstić information content (AvgIpc) is 2.38. The van der Waals surface area contributed by atoms with Crippen LogP contribution in [0, 0.1) is 0 Å². The highest BCUT2D eigenvalue weighted by Gasteiger charge is 2.14. The number of nitrogens with two attached hydrogens (primary N) is 1. The van der Waals surface area contributed by atoms with E-state index in [4.69, 9.17) is 9.88 Å². The molecule has 7 heteroatoms. The monoisotopic (exact) mass is 299 g/mol. The molecule has 1 aliphatic heterocycles. The number of nitrogens with one attached hydrogen (secondary N) is 1. The van der Waals surface area contributed by atoms with Crippen molar-refractivity contribution in [2.45, 2.75) is 17.9 Å². The van der Waals surface area contributed by atoms with Crippen LogP contribution in [0.3, 0.4) is 0 Å². The highest BCUT2D eigenvalue weighted by Crippen LogP contribution is 2.14. The minimum Gasteiger partial charge on any atom is -0.492 e. The van der Waals surface area contributed by atoms with E-state index in [-0.39, 0.29) is 4.90 Å². The molecule has 112 valence electrons. The summed E-state index contributed by atoms with van der Waals surface area (Å²) in [6.07, 6.45) is 0. The van der Waals surface area contributed by atoms with Gasteiger partial charge in [-0.15, -0.1) is 0 Å². The van der Waals surface area contributed by atoms with Crippen molar-refractivity contribution in [3.63, 3.8) is 0 Å². The summed E-state index contributed by atoms with van der Waals surface area (Å²) in [7, 11) is -3.63. The minimum absolute atomic E-state index is 0.0979. The van der Waals surface area contributed by atoms with Crippen LogP contribution in [0.1, 0.15) is 6.92 Å². The fourth-order valence-corrected chi connectivity index (χ4v) is 2.75. The molecule has 0 bridgehead atoms. The van der Waals surface area contributed by atoms with Crippen molar-refractivity contribution in [3.8, 4) is 5.75 Å². The molecule has 1 saturated heterocycles. The lowest BCUT2D eigenvalue weighted by Crippen LogP contribution is -2.50. The summed E-state index contributed by atoms with van der Waals surface area (Å²) >= 11 is 0. The van der Waals surface area contributed by atoms with E-state index in [9.17, 15) is 8.42 Å². The Morgan fingerprint density at radius 3 is 2.70 bits per heavy atom. The van der Waals surface area contributed by atoms with Crippen molar-refractivity contribution in [2.75, 3.05) is 32.8 Å². The van der Waals surface area contributed by atoms with E-state index in [2.05, 4.69) is 17.1 Å². The van der Waals surface area contributed by atoms with Gasteiger partial charge >= 0.3 is 0 Å². The lowest BCUT2D eigenvalue weighted by molar-refractivity contribution is 0.170. The van der Waals surface area contributed by atoms with E-state index >= 15 is 0 Å². The molecule has 1 aromatic carbocycles. The molecule has 0 amide bonds. The van der Waals surface area contributed by atoms with Crippen molar-refractivity contribution in [1.29, 1.82) is 0 Å². The van der Waals surface area contributed by atoms with Gasteiger partial charge in [0.25, 0.3) is 0 Å². The Hall–Kier alpha value is -1.15. The Labute approximate surface area is 120 Å². The van der Waals surface area contributed by atoms with Crippen molar-refractivity contribution in [2.24, 2.45) is 5.14 Å². The average molecular weight is 299 g/mol. The van der Waals surface area contributed by atoms with E-state index in [0.29, 0.717) is 18.4 Å². The third kappa shape index (κ3) is 4.45. The maximum atomic E-state index is 11.1. The lowest BCUT2D eigenvalue weighted by atomic mass is 10.2. The zero-order valence-corrected chi connectivity index (χ0v) is 12.4. The smallest absolute Gasteiger partial charge is 0.238 e. The number of primary sulfonamides is 1. The highest BCUT2D eigenvalue weighted by atomic mass is 32.2. The quantitative estimate of drug-likeness (QED) is 0.800. The van der Waals surface area contributed by atoms with Gasteiger partial charge in [0.05, 0.1) is 4.90 Å². The van der Waals surface area contributed by atoms with Crippen molar-refractivity contribution >= 4 is 10.0 Å². The molecule has 0 saturated carbocycles. The van der Waals surface area contributed by atoms with Crippen LogP contribution >= 0.6 is 0 Å². The molecule has 0 aliphatic carbocycles.